The van der Waals surface area contributed by atoms with Crippen molar-refractivity contribution in [3.63, 3.8) is 0 Å². The number of amides is 1. The second-order valence-corrected chi connectivity index (χ2v) is 9.18. The molecule has 0 spiro atoms. The molecule has 2 heterocycles. The smallest absolute Gasteiger partial charge is 0.275 e. The predicted molar refractivity (Wildman–Crippen MR) is 129 cm³/mol. The van der Waals surface area contributed by atoms with E-state index in [2.05, 4.69) is 27.0 Å². The average molecular weight is 445 g/mol. The zero-order valence-corrected chi connectivity index (χ0v) is 18.9. The first-order chi connectivity index (χ1) is 16.2. The Balaban J connectivity index is 1.50. The van der Waals surface area contributed by atoms with Crippen molar-refractivity contribution in [2.45, 2.75) is 50.3 Å². The Morgan fingerprint density at radius 3 is 2.52 bits per heavy atom. The summed E-state index contributed by atoms with van der Waals surface area (Å²) in [6.07, 6.45) is 5.97. The molecular formula is C27H32N4O2. The molecule has 2 aromatic carbocycles. The Labute approximate surface area is 195 Å². The van der Waals surface area contributed by atoms with Crippen LogP contribution in [0.4, 0.5) is 0 Å². The van der Waals surface area contributed by atoms with Gasteiger partial charge in [0.1, 0.15) is 0 Å². The van der Waals surface area contributed by atoms with Crippen molar-refractivity contribution in [1.82, 2.24) is 19.8 Å². The lowest BCUT2D eigenvalue weighted by atomic mass is 9.92. The first-order valence-electron chi connectivity index (χ1n) is 12.1. The molecule has 172 valence electrons. The Morgan fingerprint density at radius 1 is 1.03 bits per heavy atom. The van der Waals surface area contributed by atoms with E-state index in [0.29, 0.717) is 12.2 Å². The van der Waals surface area contributed by atoms with Gasteiger partial charge in [-0.3, -0.25) is 4.79 Å². The van der Waals surface area contributed by atoms with Gasteiger partial charge in [0.15, 0.2) is 5.69 Å². The fraction of sp³-hybridized carbons (Fsp3) is 0.407. The van der Waals surface area contributed by atoms with Crippen LogP contribution in [0.3, 0.4) is 0 Å². The molecule has 2 N–H and O–H groups in total. The molecule has 6 heteroatoms. The van der Waals surface area contributed by atoms with Crippen molar-refractivity contribution in [3.05, 3.63) is 78.2 Å². The minimum absolute atomic E-state index is 0.0275. The van der Waals surface area contributed by atoms with E-state index in [-0.39, 0.29) is 18.0 Å². The third kappa shape index (κ3) is 4.59. The number of rotatable bonds is 5. The molecule has 2 aliphatic rings. The van der Waals surface area contributed by atoms with Crippen molar-refractivity contribution in [2.24, 2.45) is 0 Å². The maximum atomic E-state index is 13.9. The molecule has 1 amide bonds. The van der Waals surface area contributed by atoms with Gasteiger partial charge in [0, 0.05) is 31.2 Å². The van der Waals surface area contributed by atoms with Crippen LogP contribution in [-0.4, -0.2) is 57.2 Å². The van der Waals surface area contributed by atoms with E-state index < -0.39 is 6.10 Å². The first kappa shape index (κ1) is 21.9. The second kappa shape index (κ2) is 9.89. The van der Waals surface area contributed by atoms with Gasteiger partial charge < -0.3 is 19.9 Å². The van der Waals surface area contributed by atoms with Crippen LogP contribution in [-0.2, 0) is 6.42 Å². The fourth-order valence-electron chi connectivity index (χ4n) is 5.30. The lowest BCUT2D eigenvalue weighted by Crippen LogP contribution is -2.54. The van der Waals surface area contributed by atoms with Gasteiger partial charge in [0.05, 0.1) is 24.2 Å². The van der Waals surface area contributed by atoms with Crippen LogP contribution in [0.25, 0.3) is 11.3 Å². The molecule has 1 saturated carbocycles. The van der Waals surface area contributed by atoms with Crippen molar-refractivity contribution in [3.8, 4) is 11.3 Å². The van der Waals surface area contributed by atoms with Gasteiger partial charge in [-0.25, -0.2) is 4.98 Å². The second-order valence-electron chi connectivity index (χ2n) is 9.18. The minimum atomic E-state index is -0.414. The number of benzene rings is 2. The minimum Gasteiger partial charge on any atom is -0.391 e. The molecule has 0 radical (unpaired) electrons. The van der Waals surface area contributed by atoms with E-state index in [0.717, 1.165) is 56.5 Å². The molecule has 0 bridgehead atoms. The van der Waals surface area contributed by atoms with E-state index in [9.17, 15) is 9.90 Å². The largest absolute Gasteiger partial charge is 0.391 e. The van der Waals surface area contributed by atoms with E-state index in [1.165, 1.54) is 5.56 Å². The number of hydrogen-bond acceptors (Lipinski definition) is 4. The number of piperazine rings is 1. The average Bonchev–Trinajstić information content (AvgIpc) is 3.30. The topological polar surface area (TPSA) is 70.4 Å². The summed E-state index contributed by atoms with van der Waals surface area (Å²) < 4.78 is 2.06. The zero-order chi connectivity index (χ0) is 22.6. The summed E-state index contributed by atoms with van der Waals surface area (Å²) in [5.74, 6) is -0.0275. The highest BCUT2D eigenvalue weighted by Crippen LogP contribution is 2.35. The molecular weight excluding hydrogens is 412 g/mol. The molecule has 3 aromatic rings. The summed E-state index contributed by atoms with van der Waals surface area (Å²) in [6.45, 7) is 2.20. The molecule has 1 aromatic heterocycles. The molecule has 3 atom stereocenters. The van der Waals surface area contributed by atoms with E-state index in [1.54, 1.807) is 6.33 Å². The number of aromatic nitrogens is 2. The molecule has 33 heavy (non-hydrogen) atoms. The lowest BCUT2D eigenvalue weighted by Gasteiger charge is -2.36. The van der Waals surface area contributed by atoms with Crippen molar-refractivity contribution < 1.29 is 9.90 Å². The summed E-state index contributed by atoms with van der Waals surface area (Å²) >= 11 is 0. The van der Waals surface area contributed by atoms with Crippen LogP contribution in [0, 0.1) is 0 Å². The van der Waals surface area contributed by atoms with Crippen LogP contribution >= 0.6 is 0 Å². The van der Waals surface area contributed by atoms with Crippen LogP contribution in [0.2, 0.25) is 0 Å². The Morgan fingerprint density at radius 2 is 1.76 bits per heavy atom. The van der Waals surface area contributed by atoms with Gasteiger partial charge in [-0.2, -0.15) is 0 Å². The maximum absolute atomic E-state index is 13.9. The summed E-state index contributed by atoms with van der Waals surface area (Å²) in [6, 6.07) is 20.4. The molecule has 5 rings (SSSR count). The third-order valence-corrected chi connectivity index (χ3v) is 7.02. The summed E-state index contributed by atoms with van der Waals surface area (Å²) in [4.78, 5) is 20.6. The summed E-state index contributed by atoms with van der Waals surface area (Å²) in [7, 11) is 0. The zero-order valence-electron chi connectivity index (χ0n) is 18.9. The number of carbonyl (C=O) groups is 1. The number of aliphatic hydroxyl groups is 1. The lowest BCUT2D eigenvalue weighted by molar-refractivity contribution is 0.0629. The SMILES string of the molecule is O=C(c1ncn([C@H]2CCCC[C@@H]2O)c1-c1ccccc1)N1CCNC[C@H]1Cc1ccccc1. The van der Waals surface area contributed by atoms with Gasteiger partial charge in [-0.15, -0.1) is 0 Å². The molecule has 1 aliphatic heterocycles. The molecule has 2 fully saturated rings. The molecule has 0 unspecified atom stereocenters. The number of nitrogens with zero attached hydrogens (tertiary/aromatic N) is 3. The number of hydrogen-bond donors (Lipinski definition) is 2. The highest BCUT2D eigenvalue weighted by Gasteiger charge is 2.34. The van der Waals surface area contributed by atoms with E-state index >= 15 is 0 Å². The van der Waals surface area contributed by atoms with Gasteiger partial charge in [0.2, 0.25) is 0 Å². The van der Waals surface area contributed by atoms with Gasteiger partial charge in [-0.1, -0.05) is 73.5 Å². The van der Waals surface area contributed by atoms with Crippen molar-refractivity contribution >= 4 is 5.91 Å². The maximum Gasteiger partial charge on any atom is 0.275 e. The standard InChI is InChI=1S/C27H32N4O2/c32-24-14-8-7-13-23(24)31-19-29-25(26(31)21-11-5-2-6-12-21)27(33)30-16-15-28-18-22(30)17-20-9-3-1-4-10-20/h1-6,9-12,19,22-24,28,32H,7-8,13-18H2/t22-,23+,24+/m1/s1. The van der Waals surface area contributed by atoms with Crippen LogP contribution in [0.5, 0.6) is 0 Å². The highest BCUT2D eigenvalue weighted by molar-refractivity contribution is 5.98. The molecule has 1 aliphatic carbocycles. The summed E-state index contributed by atoms with van der Waals surface area (Å²) in [5, 5.41) is 14.2. The van der Waals surface area contributed by atoms with Crippen LogP contribution < -0.4 is 5.32 Å². The number of carbonyl (C=O) groups excluding carboxylic acids is 1. The normalized spacial score (nSPS) is 23.4. The quantitative estimate of drug-likeness (QED) is 0.630. The van der Waals surface area contributed by atoms with Crippen LogP contribution in [0.15, 0.2) is 67.0 Å². The van der Waals surface area contributed by atoms with E-state index in [4.69, 9.17) is 0 Å². The Bertz CT molecular complexity index is 1070. The van der Waals surface area contributed by atoms with E-state index in [1.807, 2.05) is 53.4 Å². The van der Waals surface area contributed by atoms with Crippen molar-refractivity contribution in [2.75, 3.05) is 19.6 Å². The first-order valence-corrected chi connectivity index (χ1v) is 12.1. The third-order valence-electron chi connectivity index (χ3n) is 7.02. The highest BCUT2D eigenvalue weighted by atomic mass is 16.3. The van der Waals surface area contributed by atoms with Gasteiger partial charge in [-0.05, 0) is 24.8 Å². The fourth-order valence-corrected chi connectivity index (χ4v) is 5.30. The number of aliphatic hydroxyl groups excluding tert-OH is 1. The van der Waals surface area contributed by atoms with Crippen molar-refractivity contribution in [1.29, 1.82) is 0 Å². The summed E-state index contributed by atoms with van der Waals surface area (Å²) in [5.41, 5.74) is 3.50. The molecule has 6 nitrogen and oxygen atoms in total. The van der Waals surface area contributed by atoms with Gasteiger partial charge >= 0.3 is 0 Å². The van der Waals surface area contributed by atoms with Crippen LogP contribution in [0.1, 0.15) is 47.8 Å². The molecule has 1 saturated heterocycles. The Hall–Kier alpha value is -2.96. The predicted octanol–water partition coefficient (Wildman–Crippen LogP) is 3.68. The monoisotopic (exact) mass is 444 g/mol. The number of imidazole rings is 1. The Kier molecular flexibility index (Phi) is 6.55. The van der Waals surface area contributed by atoms with Gasteiger partial charge in [0.25, 0.3) is 5.91 Å². The number of nitrogens with one attached hydrogen (secondary N) is 1.